The molecule has 2 unspecified atom stereocenters. The molecule has 2 bridgehead atoms. The van der Waals surface area contributed by atoms with Crippen LogP contribution in [0.4, 0.5) is 0 Å². The lowest BCUT2D eigenvalue weighted by Crippen LogP contribution is -2.55. The number of nitrogens with zero attached hydrogens (tertiary/aromatic N) is 1. The first-order valence-corrected chi connectivity index (χ1v) is 6.96. The molecule has 0 saturated heterocycles. The molecule has 3 aliphatic carbocycles. The van der Waals surface area contributed by atoms with Crippen LogP contribution in [0, 0.1) is 23.2 Å². The molecule has 3 atom stereocenters. The Hall–Kier alpha value is -1.10. The predicted octanol–water partition coefficient (Wildman–Crippen LogP) is 1.53. The summed E-state index contributed by atoms with van der Waals surface area (Å²) >= 11 is 0. The van der Waals surface area contributed by atoms with E-state index in [1.807, 2.05) is 0 Å². The van der Waals surface area contributed by atoms with Crippen molar-refractivity contribution < 1.29 is 19.8 Å². The fourth-order valence-corrected chi connectivity index (χ4v) is 4.08. The van der Waals surface area contributed by atoms with Crippen LogP contribution in [0.2, 0.25) is 0 Å². The van der Waals surface area contributed by atoms with Crippen molar-refractivity contribution in [1.82, 2.24) is 4.90 Å². The highest BCUT2D eigenvalue weighted by Crippen LogP contribution is 2.61. The number of carboxylic acids is 2. The van der Waals surface area contributed by atoms with E-state index in [0.717, 1.165) is 12.3 Å². The highest BCUT2D eigenvalue weighted by molar-refractivity contribution is 5.72. The Bertz CT molecular complexity index is 362. The van der Waals surface area contributed by atoms with Crippen LogP contribution in [0.5, 0.6) is 0 Å². The van der Waals surface area contributed by atoms with Crippen molar-refractivity contribution in [2.24, 2.45) is 23.2 Å². The molecule has 3 aliphatic rings. The average molecular weight is 269 g/mol. The van der Waals surface area contributed by atoms with E-state index < -0.39 is 11.9 Å². The molecule has 108 valence electrons. The van der Waals surface area contributed by atoms with Crippen LogP contribution < -0.4 is 0 Å². The largest absolute Gasteiger partial charge is 0.480 e. The Kier molecular flexibility index (Phi) is 3.85. The molecule has 19 heavy (non-hydrogen) atoms. The topological polar surface area (TPSA) is 77.8 Å². The molecule has 0 aromatic carbocycles. The quantitative estimate of drug-likeness (QED) is 0.764. The zero-order valence-corrected chi connectivity index (χ0v) is 11.6. The molecule has 3 rings (SSSR count). The first-order chi connectivity index (χ1) is 8.80. The molecule has 0 spiro atoms. The van der Waals surface area contributed by atoms with Gasteiger partial charge >= 0.3 is 11.9 Å². The van der Waals surface area contributed by atoms with Crippen LogP contribution in [-0.2, 0) is 9.59 Å². The van der Waals surface area contributed by atoms with Crippen LogP contribution in [0.25, 0.3) is 0 Å². The molecule has 0 radical (unpaired) electrons. The minimum Gasteiger partial charge on any atom is -0.480 e. The SMILES string of the molecule is CC1(C)C2CCC(CN(CC(=O)O)CC(=O)O)[C@H]1C2. The number of aliphatic carboxylic acids is 2. The van der Waals surface area contributed by atoms with Crippen molar-refractivity contribution in [2.75, 3.05) is 19.6 Å². The molecule has 3 saturated carbocycles. The summed E-state index contributed by atoms with van der Waals surface area (Å²) in [6.45, 7) is 4.81. The van der Waals surface area contributed by atoms with Crippen molar-refractivity contribution in [3.05, 3.63) is 0 Å². The molecule has 0 heterocycles. The number of fused-ring (bicyclic) bond motifs is 2. The lowest BCUT2D eigenvalue weighted by atomic mass is 9.45. The summed E-state index contributed by atoms with van der Waals surface area (Å²) < 4.78 is 0. The molecule has 3 fully saturated rings. The van der Waals surface area contributed by atoms with E-state index in [1.54, 1.807) is 4.90 Å². The van der Waals surface area contributed by atoms with Gasteiger partial charge in [0.15, 0.2) is 0 Å². The van der Waals surface area contributed by atoms with Crippen LogP contribution in [0.15, 0.2) is 0 Å². The fraction of sp³-hybridized carbons (Fsp3) is 0.857. The molecule has 5 nitrogen and oxygen atoms in total. The van der Waals surface area contributed by atoms with Crippen LogP contribution in [0.1, 0.15) is 33.1 Å². The van der Waals surface area contributed by atoms with E-state index >= 15 is 0 Å². The molecule has 0 aliphatic heterocycles. The maximum absolute atomic E-state index is 10.8. The highest BCUT2D eigenvalue weighted by atomic mass is 16.4. The standard InChI is InChI=1S/C14H23NO4/c1-14(2)10-4-3-9(11(14)5-10)6-15(7-12(16)17)8-13(18)19/h9-11H,3-8H2,1-2H3,(H,16,17)(H,18,19)/t9?,10?,11-/m1/s1. The molecule has 0 aromatic rings. The van der Waals surface area contributed by atoms with Crippen LogP contribution in [-0.4, -0.2) is 46.7 Å². The van der Waals surface area contributed by atoms with Gasteiger partial charge in [-0.15, -0.1) is 0 Å². The third-order valence-electron chi connectivity index (χ3n) is 5.21. The Morgan fingerprint density at radius 1 is 1.16 bits per heavy atom. The minimum absolute atomic E-state index is 0.181. The first-order valence-electron chi connectivity index (χ1n) is 6.96. The van der Waals surface area contributed by atoms with Crippen molar-refractivity contribution >= 4 is 11.9 Å². The monoisotopic (exact) mass is 269 g/mol. The second-order valence-corrected chi connectivity index (χ2v) is 6.66. The molecule has 0 amide bonds. The lowest BCUT2D eigenvalue weighted by Gasteiger charge is -2.60. The summed E-state index contributed by atoms with van der Waals surface area (Å²) in [6.07, 6.45) is 3.53. The molecule has 2 N–H and O–H groups in total. The summed E-state index contributed by atoms with van der Waals surface area (Å²) in [5.74, 6) is -0.0400. The Morgan fingerprint density at radius 3 is 2.16 bits per heavy atom. The summed E-state index contributed by atoms with van der Waals surface area (Å²) in [6, 6.07) is 0. The van der Waals surface area contributed by atoms with E-state index in [2.05, 4.69) is 13.8 Å². The third kappa shape index (κ3) is 2.91. The minimum atomic E-state index is -0.956. The van der Waals surface area contributed by atoms with Gasteiger partial charge in [-0.05, 0) is 42.4 Å². The summed E-state index contributed by atoms with van der Waals surface area (Å²) in [7, 11) is 0. The molecule has 0 aromatic heterocycles. The van der Waals surface area contributed by atoms with Crippen LogP contribution in [0.3, 0.4) is 0 Å². The maximum atomic E-state index is 10.8. The lowest BCUT2D eigenvalue weighted by molar-refractivity contribution is -0.144. The van der Waals surface area contributed by atoms with Crippen molar-refractivity contribution in [3.63, 3.8) is 0 Å². The summed E-state index contributed by atoms with van der Waals surface area (Å²) in [4.78, 5) is 23.2. The zero-order valence-electron chi connectivity index (χ0n) is 11.6. The second kappa shape index (κ2) is 5.12. The van der Waals surface area contributed by atoms with Gasteiger partial charge in [-0.25, -0.2) is 0 Å². The van der Waals surface area contributed by atoms with Gasteiger partial charge in [0.1, 0.15) is 0 Å². The Balaban J connectivity index is 1.96. The van der Waals surface area contributed by atoms with Crippen molar-refractivity contribution in [2.45, 2.75) is 33.1 Å². The summed E-state index contributed by atoms with van der Waals surface area (Å²) in [5, 5.41) is 17.7. The average Bonchev–Trinajstić information content (AvgIpc) is 2.26. The zero-order chi connectivity index (χ0) is 14.2. The van der Waals surface area contributed by atoms with E-state index in [9.17, 15) is 9.59 Å². The van der Waals surface area contributed by atoms with Crippen LogP contribution >= 0.6 is 0 Å². The fourth-order valence-electron chi connectivity index (χ4n) is 4.08. The third-order valence-corrected chi connectivity index (χ3v) is 5.21. The van der Waals surface area contributed by atoms with Gasteiger partial charge in [0.2, 0.25) is 0 Å². The first kappa shape index (κ1) is 14.3. The van der Waals surface area contributed by atoms with Gasteiger partial charge in [0.25, 0.3) is 0 Å². The van der Waals surface area contributed by atoms with Gasteiger partial charge in [-0.3, -0.25) is 14.5 Å². The van der Waals surface area contributed by atoms with Crippen molar-refractivity contribution in [3.8, 4) is 0 Å². The molecular weight excluding hydrogens is 246 g/mol. The smallest absolute Gasteiger partial charge is 0.317 e. The number of rotatable bonds is 6. The van der Waals surface area contributed by atoms with Crippen molar-refractivity contribution in [1.29, 1.82) is 0 Å². The van der Waals surface area contributed by atoms with E-state index in [-0.39, 0.29) is 13.1 Å². The van der Waals surface area contributed by atoms with Gasteiger partial charge in [-0.1, -0.05) is 13.8 Å². The Labute approximate surface area is 113 Å². The predicted molar refractivity (Wildman–Crippen MR) is 69.8 cm³/mol. The number of carboxylic acid groups (broad SMARTS) is 2. The summed E-state index contributed by atoms with van der Waals surface area (Å²) in [5.41, 5.74) is 0.348. The normalized spacial score (nSPS) is 31.8. The van der Waals surface area contributed by atoms with E-state index in [0.29, 0.717) is 23.8 Å². The Morgan fingerprint density at radius 2 is 1.74 bits per heavy atom. The van der Waals surface area contributed by atoms with Gasteiger partial charge in [0, 0.05) is 6.54 Å². The number of hydrogen-bond donors (Lipinski definition) is 2. The van der Waals surface area contributed by atoms with Gasteiger partial charge in [-0.2, -0.15) is 0 Å². The van der Waals surface area contributed by atoms with E-state index in [1.165, 1.54) is 12.8 Å². The van der Waals surface area contributed by atoms with Gasteiger partial charge < -0.3 is 10.2 Å². The number of carbonyl (C=O) groups is 2. The molecule has 5 heteroatoms. The second-order valence-electron chi connectivity index (χ2n) is 6.66. The number of hydrogen-bond acceptors (Lipinski definition) is 3. The highest BCUT2D eigenvalue weighted by Gasteiger charge is 2.54. The van der Waals surface area contributed by atoms with Gasteiger partial charge in [0.05, 0.1) is 13.1 Å². The maximum Gasteiger partial charge on any atom is 0.317 e. The molecular formula is C14H23NO4. The van der Waals surface area contributed by atoms with E-state index in [4.69, 9.17) is 10.2 Å².